The standard InChI is InChI=1S/C17H24F2N2O3/c1-11-8-13(6-7-20-11)16(22)21(2)10-12-4-5-14(23-3)15(9-12)24-17(18)19/h4-5,9,11,13,17,20H,6-8,10H2,1-3H3/t11-,13-/m0/s1. The predicted molar refractivity (Wildman–Crippen MR) is 86.3 cm³/mol. The number of hydrogen-bond acceptors (Lipinski definition) is 4. The van der Waals surface area contributed by atoms with Crippen LogP contribution in [-0.2, 0) is 11.3 Å². The molecule has 0 unspecified atom stereocenters. The number of piperidine rings is 1. The van der Waals surface area contributed by atoms with Gasteiger partial charge in [0.05, 0.1) is 7.11 Å². The van der Waals surface area contributed by atoms with E-state index in [-0.39, 0.29) is 23.3 Å². The van der Waals surface area contributed by atoms with Crippen molar-refractivity contribution in [1.29, 1.82) is 0 Å². The Morgan fingerprint density at radius 1 is 1.42 bits per heavy atom. The Kier molecular flexibility index (Phi) is 6.36. The summed E-state index contributed by atoms with van der Waals surface area (Å²) < 4.78 is 34.5. The molecule has 24 heavy (non-hydrogen) atoms. The van der Waals surface area contributed by atoms with Crippen LogP contribution in [0.2, 0.25) is 0 Å². The number of amides is 1. The van der Waals surface area contributed by atoms with Gasteiger partial charge in [0.2, 0.25) is 5.91 Å². The molecular weight excluding hydrogens is 318 g/mol. The summed E-state index contributed by atoms with van der Waals surface area (Å²) in [4.78, 5) is 14.2. The van der Waals surface area contributed by atoms with Crippen LogP contribution >= 0.6 is 0 Å². The van der Waals surface area contributed by atoms with Crippen molar-refractivity contribution in [3.05, 3.63) is 23.8 Å². The summed E-state index contributed by atoms with van der Waals surface area (Å²) in [6.45, 7) is 0.308. The number of rotatable bonds is 6. The Bertz CT molecular complexity index is 569. The fourth-order valence-corrected chi connectivity index (χ4v) is 3.03. The van der Waals surface area contributed by atoms with Crippen molar-refractivity contribution in [3.8, 4) is 11.5 Å². The molecule has 1 heterocycles. The number of carbonyl (C=O) groups excluding carboxylic acids is 1. The highest BCUT2D eigenvalue weighted by Gasteiger charge is 2.27. The number of nitrogens with one attached hydrogen (secondary N) is 1. The lowest BCUT2D eigenvalue weighted by Crippen LogP contribution is -2.42. The molecule has 1 amide bonds. The highest BCUT2D eigenvalue weighted by Crippen LogP contribution is 2.30. The molecule has 1 aliphatic rings. The number of methoxy groups -OCH3 is 1. The van der Waals surface area contributed by atoms with E-state index in [0.717, 1.165) is 19.4 Å². The molecule has 1 fully saturated rings. The maximum Gasteiger partial charge on any atom is 0.387 e. The van der Waals surface area contributed by atoms with E-state index in [1.54, 1.807) is 24.1 Å². The fraction of sp³-hybridized carbons (Fsp3) is 0.588. The van der Waals surface area contributed by atoms with E-state index in [0.29, 0.717) is 18.2 Å². The van der Waals surface area contributed by atoms with Crippen molar-refractivity contribution in [2.24, 2.45) is 5.92 Å². The van der Waals surface area contributed by atoms with Crippen molar-refractivity contribution in [1.82, 2.24) is 10.2 Å². The van der Waals surface area contributed by atoms with Gasteiger partial charge in [0, 0.05) is 25.6 Å². The van der Waals surface area contributed by atoms with E-state index < -0.39 is 6.61 Å². The molecule has 0 radical (unpaired) electrons. The van der Waals surface area contributed by atoms with E-state index >= 15 is 0 Å². The molecule has 1 N–H and O–H groups in total. The van der Waals surface area contributed by atoms with E-state index in [1.807, 2.05) is 0 Å². The summed E-state index contributed by atoms with van der Waals surface area (Å²) in [5, 5.41) is 3.32. The third kappa shape index (κ3) is 4.80. The summed E-state index contributed by atoms with van der Waals surface area (Å²) in [5.41, 5.74) is 0.712. The average molecular weight is 342 g/mol. The minimum atomic E-state index is -2.93. The minimum Gasteiger partial charge on any atom is -0.493 e. The summed E-state index contributed by atoms with van der Waals surface area (Å²) in [7, 11) is 3.12. The first kappa shape index (κ1) is 18.4. The lowest BCUT2D eigenvalue weighted by molar-refractivity contribution is -0.135. The molecule has 0 spiro atoms. The van der Waals surface area contributed by atoms with Crippen LogP contribution in [-0.4, -0.2) is 44.2 Å². The van der Waals surface area contributed by atoms with Crippen LogP contribution in [0.15, 0.2) is 18.2 Å². The second-order valence-electron chi connectivity index (χ2n) is 6.13. The van der Waals surface area contributed by atoms with Gasteiger partial charge in [-0.05, 0) is 44.0 Å². The van der Waals surface area contributed by atoms with Gasteiger partial charge in [-0.1, -0.05) is 6.07 Å². The van der Waals surface area contributed by atoms with Gasteiger partial charge in [0.1, 0.15) is 0 Å². The average Bonchev–Trinajstić information content (AvgIpc) is 2.54. The van der Waals surface area contributed by atoms with Crippen LogP contribution in [0.1, 0.15) is 25.3 Å². The number of ether oxygens (including phenoxy) is 2. The largest absolute Gasteiger partial charge is 0.493 e. The highest BCUT2D eigenvalue weighted by atomic mass is 19.3. The first-order valence-electron chi connectivity index (χ1n) is 8.00. The third-order valence-electron chi connectivity index (χ3n) is 4.21. The Labute approximate surface area is 140 Å². The summed E-state index contributed by atoms with van der Waals surface area (Å²) in [6.07, 6.45) is 1.63. The molecule has 5 nitrogen and oxygen atoms in total. The molecule has 7 heteroatoms. The topological polar surface area (TPSA) is 50.8 Å². The first-order chi connectivity index (χ1) is 11.4. The first-order valence-corrected chi connectivity index (χ1v) is 8.00. The molecule has 2 rings (SSSR count). The molecule has 1 saturated heterocycles. The van der Waals surface area contributed by atoms with Crippen molar-refractivity contribution in [2.75, 3.05) is 20.7 Å². The van der Waals surface area contributed by atoms with Crippen LogP contribution in [0.25, 0.3) is 0 Å². The van der Waals surface area contributed by atoms with Crippen molar-refractivity contribution >= 4 is 5.91 Å². The van der Waals surface area contributed by atoms with Gasteiger partial charge in [-0.25, -0.2) is 0 Å². The quantitative estimate of drug-likeness (QED) is 0.863. The SMILES string of the molecule is COc1ccc(CN(C)C(=O)[C@H]2CCN[C@@H](C)C2)cc1OC(F)F. The second-order valence-corrected chi connectivity index (χ2v) is 6.13. The summed E-state index contributed by atoms with van der Waals surface area (Å²) in [5.74, 6) is 0.290. The van der Waals surface area contributed by atoms with Crippen LogP contribution in [0.5, 0.6) is 11.5 Å². The molecular formula is C17H24F2N2O3. The van der Waals surface area contributed by atoms with Gasteiger partial charge in [0.25, 0.3) is 0 Å². The summed E-state index contributed by atoms with van der Waals surface area (Å²) in [6, 6.07) is 5.12. The zero-order valence-corrected chi connectivity index (χ0v) is 14.2. The summed E-state index contributed by atoms with van der Waals surface area (Å²) >= 11 is 0. The number of alkyl halides is 2. The smallest absolute Gasteiger partial charge is 0.387 e. The number of carbonyl (C=O) groups is 1. The molecule has 1 aromatic rings. The predicted octanol–water partition coefficient (Wildman–Crippen LogP) is 2.64. The minimum absolute atomic E-state index is 0.00119. The zero-order valence-electron chi connectivity index (χ0n) is 14.2. The molecule has 0 aromatic heterocycles. The van der Waals surface area contributed by atoms with E-state index in [9.17, 15) is 13.6 Å². The maximum absolute atomic E-state index is 12.6. The molecule has 1 aromatic carbocycles. The molecule has 0 saturated carbocycles. The Balaban J connectivity index is 2.05. The Hall–Kier alpha value is -1.89. The maximum atomic E-state index is 12.6. The number of halogens is 2. The fourth-order valence-electron chi connectivity index (χ4n) is 3.03. The van der Waals surface area contributed by atoms with Gasteiger partial charge < -0.3 is 19.7 Å². The molecule has 134 valence electrons. The molecule has 2 atom stereocenters. The lowest BCUT2D eigenvalue weighted by Gasteiger charge is -2.30. The van der Waals surface area contributed by atoms with Gasteiger partial charge in [0.15, 0.2) is 11.5 Å². The van der Waals surface area contributed by atoms with E-state index in [2.05, 4.69) is 17.0 Å². The van der Waals surface area contributed by atoms with E-state index in [4.69, 9.17) is 4.74 Å². The normalized spacial score (nSPS) is 20.8. The van der Waals surface area contributed by atoms with Gasteiger partial charge in [-0.2, -0.15) is 8.78 Å². The van der Waals surface area contributed by atoms with Crippen LogP contribution in [0.3, 0.4) is 0 Å². The van der Waals surface area contributed by atoms with Gasteiger partial charge in [-0.15, -0.1) is 0 Å². The number of hydrogen-bond donors (Lipinski definition) is 1. The molecule has 1 aliphatic heterocycles. The second kappa shape index (κ2) is 8.28. The monoisotopic (exact) mass is 342 g/mol. The molecule has 0 bridgehead atoms. The van der Waals surface area contributed by atoms with Crippen LogP contribution in [0.4, 0.5) is 8.78 Å². The Morgan fingerprint density at radius 3 is 2.79 bits per heavy atom. The molecule has 0 aliphatic carbocycles. The number of nitrogens with zero attached hydrogens (tertiary/aromatic N) is 1. The number of benzene rings is 1. The lowest BCUT2D eigenvalue weighted by atomic mass is 9.92. The van der Waals surface area contributed by atoms with Crippen LogP contribution in [0, 0.1) is 5.92 Å². The third-order valence-corrected chi connectivity index (χ3v) is 4.21. The Morgan fingerprint density at radius 2 is 2.17 bits per heavy atom. The van der Waals surface area contributed by atoms with Crippen molar-refractivity contribution < 1.29 is 23.0 Å². The highest BCUT2D eigenvalue weighted by molar-refractivity contribution is 5.78. The van der Waals surface area contributed by atoms with Gasteiger partial charge in [-0.3, -0.25) is 4.79 Å². The van der Waals surface area contributed by atoms with Crippen molar-refractivity contribution in [3.63, 3.8) is 0 Å². The van der Waals surface area contributed by atoms with E-state index in [1.165, 1.54) is 13.2 Å². The van der Waals surface area contributed by atoms with Crippen molar-refractivity contribution in [2.45, 2.75) is 39.0 Å². The van der Waals surface area contributed by atoms with Gasteiger partial charge >= 0.3 is 6.61 Å². The van der Waals surface area contributed by atoms with Crippen LogP contribution < -0.4 is 14.8 Å². The zero-order chi connectivity index (χ0) is 17.7.